The van der Waals surface area contributed by atoms with E-state index >= 15 is 0 Å². The van der Waals surface area contributed by atoms with E-state index in [2.05, 4.69) is 50.0 Å². The number of aliphatic imine (C=N–C) groups is 1. The first-order valence-corrected chi connectivity index (χ1v) is 8.05. The molecule has 0 saturated heterocycles. The summed E-state index contributed by atoms with van der Waals surface area (Å²) in [4.78, 5) is 20.0. The van der Waals surface area contributed by atoms with Crippen molar-refractivity contribution < 1.29 is 4.79 Å². The average molecular weight is 296 g/mol. The lowest BCUT2D eigenvalue weighted by Crippen LogP contribution is -2.29. The second-order valence-corrected chi connectivity index (χ2v) is 7.21. The molecule has 1 aromatic carbocycles. The van der Waals surface area contributed by atoms with Gasteiger partial charge in [-0.05, 0) is 36.8 Å². The van der Waals surface area contributed by atoms with E-state index in [4.69, 9.17) is 4.99 Å². The van der Waals surface area contributed by atoms with Crippen molar-refractivity contribution in [1.82, 2.24) is 4.98 Å². The normalized spacial score (nSPS) is 20.0. The number of rotatable bonds is 3. The van der Waals surface area contributed by atoms with Gasteiger partial charge < -0.3 is 4.98 Å². The first kappa shape index (κ1) is 15.0. The van der Waals surface area contributed by atoms with Crippen molar-refractivity contribution in [2.75, 3.05) is 6.54 Å². The number of carbonyl (C=O) groups is 1. The Balaban J connectivity index is 1.73. The Kier molecular flexibility index (Phi) is 3.90. The number of fused-ring (bicyclic) bond motifs is 1. The molecule has 0 spiro atoms. The van der Waals surface area contributed by atoms with Crippen LogP contribution in [0.5, 0.6) is 0 Å². The first-order valence-electron chi connectivity index (χ1n) is 8.05. The summed E-state index contributed by atoms with van der Waals surface area (Å²) in [5.41, 5.74) is 4.92. The van der Waals surface area contributed by atoms with Crippen LogP contribution in [0.4, 0.5) is 0 Å². The molecule has 1 N–H and O–H groups in total. The Bertz CT molecular complexity index is 737. The van der Waals surface area contributed by atoms with Crippen LogP contribution in [-0.2, 0) is 11.2 Å². The van der Waals surface area contributed by atoms with Gasteiger partial charge in [0.1, 0.15) is 5.78 Å². The number of nitrogens with one attached hydrogen (secondary N) is 1. The van der Waals surface area contributed by atoms with Crippen LogP contribution in [0.3, 0.4) is 0 Å². The maximum absolute atomic E-state index is 11.8. The number of aromatic amines is 1. The zero-order chi connectivity index (χ0) is 15.7. The Morgan fingerprint density at radius 1 is 1.23 bits per heavy atom. The van der Waals surface area contributed by atoms with Crippen LogP contribution in [0.25, 0.3) is 10.9 Å². The maximum Gasteiger partial charge on any atom is 0.139 e. The lowest BCUT2D eigenvalue weighted by atomic mass is 9.76. The summed E-state index contributed by atoms with van der Waals surface area (Å²) in [6.07, 6.45) is 3.11. The Hall–Kier alpha value is -1.90. The van der Waals surface area contributed by atoms with E-state index in [9.17, 15) is 4.79 Å². The molecule has 1 aromatic heterocycles. The number of Topliss-reactive ketones (excluding diaryl/α,β-unsaturated/α-hetero) is 1. The molecule has 22 heavy (non-hydrogen) atoms. The Labute approximate surface area is 131 Å². The molecular weight excluding hydrogens is 272 g/mol. The van der Waals surface area contributed by atoms with Gasteiger partial charge in [0.15, 0.2) is 0 Å². The van der Waals surface area contributed by atoms with Crippen molar-refractivity contribution >= 4 is 22.4 Å². The summed E-state index contributed by atoms with van der Waals surface area (Å²) >= 11 is 0. The van der Waals surface area contributed by atoms with Crippen molar-refractivity contribution in [3.05, 3.63) is 35.5 Å². The lowest BCUT2D eigenvalue weighted by Gasteiger charge is -2.29. The van der Waals surface area contributed by atoms with Gasteiger partial charge >= 0.3 is 0 Å². The van der Waals surface area contributed by atoms with Crippen LogP contribution >= 0.6 is 0 Å². The summed E-state index contributed by atoms with van der Waals surface area (Å²) in [5.74, 6) is 0.332. The van der Waals surface area contributed by atoms with E-state index in [1.54, 1.807) is 0 Å². The smallest absolute Gasteiger partial charge is 0.139 e. The van der Waals surface area contributed by atoms with Gasteiger partial charge in [0.05, 0.1) is 0 Å². The largest absolute Gasteiger partial charge is 0.358 e. The number of H-pyrrole nitrogens is 1. The van der Waals surface area contributed by atoms with Crippen LogP contribution in [-0.4, -0.2) is 23.0 Å². The van der Waals surface area contributed by atoms with Gasteiger partial charge in [-0.15, -0.1) is 0 Å². The highest BCUT2D eigenvalue weighted by atomic mass is 16.1. The number of hydrogen-bond acceptors (Lipinski definition) is 2. The number of aromatic nitrogens is 1. The third-order valence-electron chi connectivity index (χ3n) is 4.48. The molecule has 1 fully saturated rings. The number of carbonyl (C=O) groups excluding carboxylic acids is 1. The number of benzene rings is 1. The number of aryl methyl sites for hydroxylation is 1. The van der Waals surface area contributed by atoms with E-state index in [0.717, 1.165) is 25.1 Å². The summed E-state index contributed by atoms with van der Waals surface area (Å²) in [7, 11) is 0. The minimum absolute atomic E-state index is 0.0743. The van der Waals surface area contributed by atoms with E-state index in [-0.39, 0.29) is 5.41 Å². The third-order valence-corrected chi connectivity index (χ3v) is 4.48. The zero-order valence-electron chi connectivity index (χ0n) is 13.7. The van der Waals surface area contributed by atoms with Crippen LogP contribution in [0.1, 0.15) is 44.4 Å². The quantitative estimate of drug-likeness (QED) is 0.904. The molecule has 0 unspecified atom stereocenters. The second-order valence-electron chi connectivity index (χ2n) is 7.21. The molecule has 1 aliphatic rings. The van der Waals surface area contributed by atoms with Crippen LogP contribution in [0.15, 0.2) is 29.3 Å². The van der Waals surface area contributed by atoms with E-state index in [1.807, 2.05) is 0 Å². The molecule has 3 nitrogen and oxygen atoms in total. The highest BCUT2D eigenvalue weighted by Crippen LogP contribution is 2.32. The van der Waals surface area contributed by atoms with Gasteiger partial charge in [-0.1, -0.05) is 32.0 Å². The number of para-hydroxylation sites is 1. The fourth-order valence-electron chi connectivity index (χ4n) is 3.60. The van der Waals surface area contributed by atoms with E-state index in [1.165, 1.54) is 22.2 Å². The third kappa shape index (κ3) is 3.13. The number of nitrogens with zero attached hydrogens (tertiary/aromatic N) is 1. The summed E-state index contributed by atoms with van der Waals surface area (Å²) in [6.45, 7) is 7.20. The molecule has 0 radical (unpaired) electrons. The predicted molar refractivity (Wildman–Crippen MR) is 91.7 cm³/mol. The highest BCUT2D eigenvalue weighted by molar-refractivity contribution is 6.04. The highest BCUT2D eigenvalue weighted by Gasteiger charge is 2.30. The summed E-state index contributed by atoms with van der Waals surface area (Å²) in [5, 5.41) is 1.29. The van der Waals surface area contributed by atoms with E-state index < -0.39 is 0 Å². The van der Waals surface area contributed by atoms with Crippen LogP contribution in [0.2, 0.25) is 0 Å². The summed E-state index contributed by atoms with van der Waals surface area (Å²) in [6, 6.07) is 8.40. The lowest BCUT2D eigenvalue weighted by molar-refractivity contribution is -0.120. The van der Waals surface area contributed by atoms with Crippen molar-refractivity contribution in [3.8, 4) is 0 Å². The van der Waals surface area contributed by atoms with Gasteiger partial charge in [0.2, 0.25) is 0 Å². The molecular formula is C19H24N2O. The van der Waals surface area contributed by atoms with E-state index in [0.29, 0.717) is 18.6 Å². The molecule has 116 valence electrons. The van der Waals surface area contributed by atoms with Gasteiger partial charge in [-0.25, -0.2) is 0 Å². The standard InChI is InChI=1S/C19H24N2O/c1-13-16(17-6-4-5-7-18(17)21-13)8-9-20-14-10-15(22)12-19(2,3)11-14/h4-7,21H,8-12H2,1-3H3. The van der Waals surface area contributed by atoms with Crippen molar-refractivity contribution in [2.24, 2.45) is 10.4 Å². The first-order chi connectivity index (χ1) is 10.4. The molecule has 1 heterocycles. The molecule has 0 aliphatic heterocycles. The molecule has 1 aliphatic carbocycles. The minimum atomic E-state index is 0.0743. The molecule has 3 rings (SSSR count). The van der Waals surface area contributed by atoms with Crippen LogP contribution < -0.4 is 0 Å². The second kappa shape index (κ2) is 5.71. The zero-order valence-corrected chi connectivity index (χ0v) is 13.7. The Morgan fingerprint density at radius 3 is 2.77 bits per heavy atom. The Morgan fingerprint density at radius 2 is 2.00 bits per heavy atom. The van der Waals surface area contributed by atoms with Crippen molar-refractivity contribution in [3.63, 3.8) is 0 Å². The van der Waals surface area contributed by atoms with Crippen LogP contribution in [0, 0.1) is 12.3 Å². The predicted octanol–water partition coefficient (Wildman–Crippen LogP) is 4.24. The van der Waals surface area contributed by atoms with Gasteiger partial charge in [-0.2, -0.15) is 0 Å². The molecule has 0 bridgehead atoms. The summed E-state index contributed by atoms with van der Waals surface area (Å²) < 4.78 is 0. The van der Waals surface area contributed by atoms with Gasteiger partial charge in [0, 0.05) is 41.7 Å². The molecule has 3 heteroatoms. The fraction of sp³-hybridized carbons (Fsp3) is 0.474. The molecule has 2 aromatic rings. The van der Waals surface area contributed by atoms with Crippen molar-refractivity contribution in [2.45, 2.75) is 46.5 Å². The van der Waals surface area contributed by atoms with Crippen molar-refractivity contribution in [1.29, 1.82) is 0 Å². The van der Waals surface area contributed by atoms with Gasteiger partial charge in [-0.3, -0.25) is 9.79 Å². The van der Waals surface area contributed by atoms with Gasteiger partial charge in [0.25, 0.3) is 0 Å². The number of ketones is 1. The minimum Gasteiger partial charge on any atom is -0.358 e. The maximum atomic E-state index is 11.8. The fourth-order valence-corrected chi connectivity index (χ4v) is 3.60. The monoisotopic (exact) mass is 296 g/mol. The SMILES string of the molecule is Cc1[nH]c2ccccc2c1CCN=C1CC(=O)CC(C)(C)C1. The molecule has 0 atom stereocenters. The average Bonchev–Trinajstić information content (AvgIpc) is 2.73. The topological polar surface area (TPSA) is 45.2 Å². The number of hydrogen-bond donors (Lipinski definition) is 1. The molecule has 1 saturated carbocycles. The molecule has 0 amide bonds.